The number of nitrogens with zero attached hydrogens (tertiary/aromatic N) is 3. The Labute approximate surface area is 179 Å². The summed E-state index contributed by atoms with van der Waals surface area (Å²) in [6.07, 6.45) is 0. The molecule has 0 aliphatic carbocycles. The predicted molar refractivity (Wildman–Crippen MR) is 120 cm³/mol. The first-order valence-electron chi connectivity index (χ1n) is 9.43. The van der Waals surface area contributed by atoms with Crippen molar-refractivity contribution in [2.24, 2.45) is 0 Å². The van der Waals surface area contributed by atoms with Crippen molar-refractivity contribution in [2.75, 3.05) is 12.4 Å². The molecule has 30 heavy (non-hydrogen) atoms. The molecule has 0 spiro atoms. The average Bonchev–Trinajstić information content (AvgIpc) is 2.77. The Bertz CT molecular complexity index is 1260. The lowest BCUT2D eigenvalue weighted by Crippen LogP contribution is -2.04. The number of nitrogens with one attached hydrogen (secondary N) is 1. The maximum atomic E-state index is 9.36. The Kier molecular flexibility index (Phi) is 5.51. The summed E-state index contributed by atoms with van der Waals surface area (Å²) in [7, 11) is 1.59. The molecule has 1 N–H and O–H groups in total. The average molecular weight is 415 g/mol. The molecule has 1 aromatic heterocycles. The third-order valence-electron chi connectivity index (χ3n) is 4.91. The highest BCUT2D eigenvalue weighted by Gasteiger charge is 2.12. The van der Waals surface area contributed by atoms with Crippen molar-refractivity contribution in [3.05, 3.63) is 82.4 Å². The molecule has 0 aliphatic rings. The quantitative estimate of drug-likeness (QED) is 0.450. The topological polar surface area (TPSA) is 70.8 Å². The molecule has 4 rings (SSSR count). The summed E-state index contributed by atoms with van der Waals surface area (Å²) in [5.41, 5.74) is 4.50. The van der Waals surface area contributed by atoms with Crippen LogP contribution in [0.1, 0.15) is 16.7 Å². The molecule has 0 unspecified atom stereocenters. The minimum absolute atomic E-state index is 0.508. The first kappa shape index (κ1) is 19.7. The second-order valence-electron chi connectivity index (χ2n) is 6.96. The highest BCUT2D eigenvalue weighted by atomic mass is 35.5. The molecule has 0 aliphatic heterocycles. The Morgan fingerprint density at radius 3 is 2.50 bits per heavy atom. The molecule has 6 heteroatoms. The van der Waals surface area contributed by atoms with E-state index < -0.39 is 0 Å². The van der Waals surface area contributed by atoms with Crippen LogP contribution in [0.15, 0.2) is 60.7 Å². The van der Waals surface area contributed by atoms with E-state index in [1.807, 2.05) is 61.5 Å². The molecule has 0 radical (unpaired) electrons. The summed E-state index contributed by atoms with van der Waals surface area (Å²) < 4.78 is 5.20. The van der Waals surface area contributed by atoms with Gasteiger partial charge < -0.3 is 10.1 Å². The van der Waals surface area contributed by atoms with Gasteiger partial charge in [-0.1, -0.05) is 53.6 Å². The molecule has 148 valence electrons. The van der Waals surface area contributed by atoms with Crippen LogP contribution in [0.2, 0.25) is 5.02 Å². The van der Waals surface area contributed by atoms with Crippen LogP contribution in [0.4, 0.5) is 5.82 Å². The molecule has 0 saturated heterocycles. The molecule has 0 atom stereocenters. The van der Waals surface area contributed by atoms with Gasteiger partial charge in [-0.2, -0.15) is 5.26 Å². The third-order valence-corrected chi connectivity index (χ3v) is 5.21. The number of aromatic nitrogens is 2. The van der Waals surface area contributed by atoms with Crippen LogP contribution < -0.4 is 10.1 Å². The van der Waals surface area contributed by atoms with Gasteiger partial charge in [0.1, 0.15) is 11.4 Å². The van der Waals surface area contributed by atoms with Crippen LogP contribution in [-0.2, 0) is 6.54 Å². The standard InChI is InChI=1S/C24H19ClN4O/c1-15-3-7-18(8-4-15)23-19-9-5-16(13-26)11-20(19)24(29-28-23)27-14-17-6-10-22(30-2)21(25)12-17/h3-12H,14H2,1-2H3,(H,27,29). The van der Waals surface area contributed by atoms with Crippen molar-refractivity contribution < 1.29 is 4.74 Å². The molecule has 0 amide bonds. The Balaban J connectivity index is 1.73. The highest BCUT2D eigenvalue weighted by molar-refractivity contribution is 6.32. The lowest BCUT2D eigenvalue weighted by atomic mass is 10.0. The van der Waals surface area contributed by atoms with Gasteiger partial charge in [-0.15, -0.1) is 10.2 Å². The van der Waals surface area contributed by atoms with E-state index in [1.165, 1.54) is 5.56 Å². The van der Waals surface area contributed by atoms with E-state index in [1.54, 1.807) is 13.2 Å². The monoisotopic (exact) mass is 414 g/mol. The summed E-state index contributed by atoms with van der Waals surface area (Å²) >= 11 is 6.23. The van der Waals surface area contributed by atoms with E-state index >= 15 is 0 Å². The fraction of sp³-hybridized carbons (Fsp3) is 0.125. The molecule has 0 fully saturated rings. The van der Waals surface area contributed by atoms with Gasteiger partial charge >= 0.3 is 0 Å². The number of methoxy groups -OCH3 is 1. The number of aryl methyl sites for hydroxylation is 1. The number of benzene rings is 3. The number of nitriles is 1. The summed E-state index contributed by atoms with van der Waals surface area (Å²) in [4.78, 5) is 0. The largest absolute Gasteiger partial charge is 0.495 e. The fourth-order valence-electron chi connectivity index (χ4n) is 3.28. The van der Waals surface area contributed by atoms with Gasteiger partial charge in [0.2, 0.25) is 0 Å². The fourth-order valence-corrected chi connectivity index (χ4v) is 3.57. The van der Waals surface area contributed by atoms with E-state index in [2.05, 4.69) is 21.6 Å². The van der Waals surface area contributed by atoms with Gasteiger partial charge in [-0.3, -0.25) is 0 Å². The van der Waals surface area contributed by atoms with E-state index in [0.29, 0.717) is 28.7 Å². The van der Waals surface area contributed by atoms with Crippen molar-refractivity contribution in [1.82, 2.24) is 10.2 Å². The maximum Gasteiger partial charge on any atom is 0.156 e. The second-order valence-corrected chi connectivity index (χ2v) is 7.37. The molecule has 5 nitrogen and oxygen atoms in total. The number of hydrogen-bond acceptors (Lipinski definition) is 5. The van der Waals surface area contributed by atoms with Gasteiger partial charge in [-0.05, 0) is 36.8 Å². The Morgan fingerprint density at radius 1 is 1.00 bits per heavy atom. The molecular formula is C24H19ClN4O. The normalized spacial score (nSPS) is 10.6. The van der Waals surface area contributed by atoms with Gasteiger partial charge in [0.05, 0.1) is 23.8 Å². The molecule has 4 aromatic rings. The van der Waals surface area contributed by atoms with Gasteiger partial charge in [0.15, 0.2) is 5.82 Å². The summed E-state index contributed by atoms with van der Waals surface area (Å²) in [5, 5.41) is 23.9. The smallest absolute Gasteiger partial charge is 0.156 e. The summed E-state index contributed by atoms with van der Waals surface area (Å²) in [5.74, 6) is 1.25. The van der Waals surface area contributed by atoms with E-state index in [9.17, 15) is 5.26 Å². The SMILES string of the molecule is COc1ccc(CNc2nnc(-c3ccc(C)cc3)c3ccc(C#N)cc23)cc1Cl. The Hall–Kier alpha value is -3.62. The molecule has 0 saturated carbocycles. The first-order chi connectivity index (χ1) is 14.6. The number of rotatable bonds is 5. The predicted octanol–water partition coefficient (Wildman–Crippen LogP) is 5.75. The minimum atomic E-state index is 0.508. The van der Waals surface area contributed by atoms with Crippen molar-refractivity contribution in [1.29, 1.82) is 5.26 Å². The first-order valence-corrected chi connectivity index (χ1v) is 9.80. The molecule has 0 bridgehead atoms. The summed E-state index contributed by atoms with van der Waals surface area (Å²) in [6, 6.07) is 21.5. The molecule has 3 aromatic carbocycles. The van der Waals surface area contributed by atoms with Crippen molar-refractivity contribution in [2.45, 2.75) is 13.5 Å². The third kappa shape index (κ3) is 3.91. The van der Waals surface area contributed by atoms with Crippen molar-refractivity contribution in [3.63, 3.8) is 0 Å². The van der Waals surface area contributed by atoms with Gasteiger partial charge in [0, 0.05) is 22.9 Å². The zero-order valence-electron chi connectivity index (χ0n) is 16.6. The Morgan fingerprint density at radius 2 is 1.80 bits per heavy atom. The van der Waals surface area contributed by atoms with Crippen LogP contribution >= 0.6 is 11.6 Å². The number of ether oxygens (including phenoxy) is 1. The zero-order chi connectivity index (χ0) is 21.1. The van der Waals surface area contributed by atoms with Gasteiger partial charge in [0.25, 0.3) is 0 Å². The van der Waals surface area contributed by atoms with Crippen LogP contribution in [0.25, 0.3) is 22.0 Å². The minimum Gasteiger partial charge on any atom is -0.495 e. The van der Waals surface area contributed by atoms with Crippen LogP contribution in [0, 0.1) is 18.3 Å². The van der Waals surface area contributed by atoms with Crippen molar-refractivity contribution >= 4 is 28.2 Å². The highest BCUT2D eigenvalue weighted by Crippen LogP contribution is 2.31. The van der Waals surface area contributed by atoms with Crippen molar-refractivity contribution in [3.8, 4) is 23.1 Å². The van der Waals surface area contributed by atoms with Crippen LogP contribution in [0.5, 0.6) is 5.75 Å². The van der Waals surface area contributed by atoms with E-state index in [4.69, 9.17) is 16.3 Å². The molecular weight excluding hydrogens is 396 g/mol. The van der Waals surface area contributed by atoms with E-state index in [-0.39, 0.29) is 0 Å². The van der Waals surface area contributed by atoms with Crippen LogP contribution in [0.3, 0.4) is 0 Å². The lowest BCUT2D eigenvalue weighted by molar-refractivity contribution is 0.415. The number of hydrogen-bond donors (Lipinski definition) is 1. The number of fused-ring (bicyclic) bond motifs is 1. The summed E-state index contributed by atoms with van der Waals surface area (Å²) in [6.45, 7) is 2.55. The van der Waals surface area contributed by atoms with Gasteiger partial charge in [-0.25, -0.2) is 0 Å². The number of anilines is 1. The maximum absolute atomic E-state index is 9.36. The zero-order valence-corrected chi connectivity index (χ0v) is 17.4. The second kappa shape index (κ2) is 8.40. The number of halogens is 1. The van der Waals surface area contributed by atoms with E-state index in [0.717, 1.165) is 27.6 Å². The lowest BCUT2D eigenvalue weighted by Gasteiger charge is -2.12. The molecule has 1 heterocycles. The van der Waals surface area contributed by atoms with Crippen LogP contribution in [-0.4, -0.2) is 17.3 Å².